The maximum absolute atomic E-state index is 12.3. The Morgan fingerprint density at radius 1 is 1.24 bits per heavy atom. The monoisotopic (exact) mass is 401 g/mol. The molecule has 0 saturated carbocycles. The largest absolute Gasteiger partial charge is 0.460 e. The van der Waals surface area contributed by atoms with Gasteiger partial charge in [0.05, 0.1) is 29.4 Å². The summed E-state index contributed by atoms with van der Waals surface area (Å²) in [6, 6.07) is 7.46. The molecule has 7 heteroatoms. The molecule has 1 aromatic heterocycles. The molecule has 0 amide bonds. The predicted octanol–water partition coefficient (Wildman–Crippen LogP) is 3.39. The first-order valence-electron chi connectivity index (χ1n) is 9.95. The molecular weight excluding hydrogens is 370 g/mol. The molecule has 3 rings (SSSR count). The molecule has 1 saturated heterocycles. The Morgan fingerprint density at radius 3 is 2.45 bits per heavy atom. The van der Waals surface area contributed by atoms with Crippen LogP contribution in [-0.4, -0.2) is 49.0 Å². The number of methoxy groups -OCH3 is 1. The minimum absolute atomic E-state index is 0.159. The molecular formula is C22H31N3O4. The number of hydrogen-bond donors (Lipinski definition) is 1. The number of esters is 1. The number of benzene rings is 1. The summed E-state index contributed by atoms with van der Waals surface area (Å²) in [5.74, 6) is -0.523. The van der Waals surface area contributed by atoms with Crippen LogP contribution < -0.4 is 5.73 Å². The van der Waals surface area contributed by atoms with E-state index in [1.807, 2.05) is 24.3 Å². The summed E-state index contributed by atoms with van der Waals surface area (Å²) in [6.07, 6.45) is 4.36. The third-order valence-corrected chi connectivity index (χ3v) is 4.58. The number of aryl methyl sites for hydroxylation is 1. The first-order chi connectivity index (χ1) is 14.0. The van der Waals surface area contributed by atoms with Gasteiger partial charge in [-0.05, 0) is 45.2 Å². The minimum atomic E-state index is -0.523. The Kier molecular flexibility index (Phi) is 9.02. The Balaban J connectivity index is 0.000000360. The van der Waals surface area contributed by atoms with E-state index in [9.17, 15) is 4.79 Å². The fraction of sp³-hybridized carbons (Fsp3) is 0.500. The second kappa shape index (κ2) is 11.5. The lowest BCUT2D eigenvalue weighted by Gasteiger charge is -2.12. The maximum atomic E-state index is 12.3. The lowest BCUT2D eigenvalue weighted by molar-refractivity contribution is -0.137. The van der Waals surface area contributed by atoms with Crippen LogP contribution in [0.15, 0.2) is 30.0 Å². The molecule has 7 nitrogen and oxygen atoms in total. The van der Waals surface area contributed by atoms with Crippen molar-refractivity contribution in [3.05, 3.63) is 41.4 Å². The summed E-state index contributed by atoms with van der Waals surface area (Å²) in [4.78, 5) is 21.3. The molecule has 0 aliphatic carbocycles. The average Bonchev–Trinajstić information content (AvgIpc) is 3.23. The van der Waals surface area contributed by atoms with Crippen molar-refractivity contribution in [1.82, 2.24) is 9.97 Å². The fourth-order valence-corrected chi connectivity index (χ4v) is 3.03. The molecule has 2 aromatic rings. The van der Waals surface area contributed by atoms with Gasteiger partial charge in [-0.2, -0.15) is 0 Å². The van der Waals surface area contributed by atoms with E-state index < -0.39 is 5.97 Å². The van der Waals surface area contributed by atoms with Crippen molar-refractivity contribution in [2.75, 3.05) is 26.9 Å². The van der Waals surface area contributed by atoms with Crippen LogP contribution in [0.4, 0.5) is 0 Å². The molecule has 1 atom stereocenters. The second-order valence-corrected chi connectivity index (χ2v) is 6.88. The van der Waals surface area contributed by atoms with Crippen LogP contribution in [0, 0.1) is 6.92 Å². The van der Waals surface area contributed by atoms with Gasteiger partial charge in [-0.3, -0.25) is 0 Å². The summed E-state index contributed by atoms with van der Waals surface area (Å²) >= 11 is 0. The Labute approximate surface area is 172 Å². The van der Waals surface area contributed by atoms with Crippen LogP contribution in [0.5, 0.6) is 0 Å². The van der Waals surface area contributed by atoms with E-state index in [1.165, 1.54) is 26.4 Å². The lowest BCUT2D eigenvalue weighted by Crippen LogP contribution is -2.16. The summed E-state index contributed by atoms with van der Waals surface area (Å²) in [6.45, 7) is 7.09. The minimum Gasteiger partial charge on any atom is -0.460 e. The number of carbonyl (C=O) groups is 1. The molecule has 1 aromatic carbocycles. The average molecular weight is 402 g/mol. The van der Waals surface area contributed by atoms with E-state index >= 15 is 0 Å². The van der Waals surface area contributed by atoms with Crippen molar-refractivity contribution in [1.29, 1.82) is 0 Å². The van der Waals surface area contributed by atoms with Gasteiger partial charge in [0.25, 0.3) is 0 Å². The van der Waals surface area contributed by atoms with E-state index in [0.29, 0.717) is 35.3 Å². The van der Waals surface area contributed by atoms with Gasteiger partial charge < -0.3 is 19.9 Å². The smallest absolute Gasteiger partial charge is 0.342 e. The van der Waals surface area contributed by atoms with Crippen LogP contribution in [-0.2, 0) is 19.0 Å². The standard InChI is InChI=1S/C16H19N3O3.C6H12O/c1-10(17)14(16(20)22-9-8-21-3)15-11(2)18-12-6-4-5-7-13(12)19-15;1-2-6-4-3-5-7-6/h4-7H,8-9,17H2,1-3H3;6H,2-5H2,1H3/b14-10-;. The molecule has 0 bridgehead atoms. The van der Waals surface area contributed by atoms with Gasteiger partial charge in [-0.15, -0.1) is 0 Å². The molecule has 158 valence electrons. The zero-order valence-electron chi connectivity index (χ0n) is 17.7. The van der Waals surface area contributed by atoms with Crippen LogP contribution in [0.1, 0.15) is 44.5 Å². The van der Waals surface area contributed by atoms with E-state index in [4.69, 9.17) is 19.9 Å². The van der Waals surface area contributed by atoms with Crippen LogP contribution >= 0.6 is 0 Å². The molecule has 1 aliphatic rings. The predicted molar refractivity (Wildman–Crippen MR) is 113 cm³/mol. The molecule has 29 heavy (non-hydrogen) atoms. The van der Waals surface area contributed by atoms with Crippen molar-refractivity contribution < 1.29 is 19.0 Å². The number of rotatable bonds is 6. The van der Waals surface area contributed by atoms with Crippen LogP contribution in [0.25, 0.3) is 16.6 Å². The number of ether oxygens (including phenoxy) is 3. The highest BCUT2D eigenvalue weighted by molar-refractivity contribution is 6.17. The van der Waals surface area contributed by atoms with E-state index in [-0.39, 0.29) is 12.2 Å². The number of hydrogen-bond acceptors (Lipinski definition) is 7. The summed E-state index contributed by atoms with van der Waals surface area (Å²) in [7, 11) is 1.54. The second-order valence-electron chi connectivity index (χ2n) is 6.88. The van der Waals surface area contributed by atoms with Crippen molar-refractivity contribution in [3.63, 3.8) is 0 Å². The lowest BCUT2D eigenvalue weighted by atomic mass is 10.1. The van der Waals surface area contributed by atoms with Crippen molar-refractivity contribution in [3.8, 4) is 0 Å². The van der Waals surface area contributed by atoms with Gasteiger partial charge in [0.1, 0.15) is 17.9 Å². The first-order valence-corrected chi connectivity index (χ1v) is 9.95. The SMILES string of the molecule is CCC1CCCO1.COCCOC(=O)/C(=C(/C)N)c1nc2ccccc2nc1C. The van der Waals surface area contributed by atoms with Crippen LogP contribution in [0.2, 0.25) is 0 Å². The third kappa shape index (κ3) is 6.51. The van der Waals surface area contributed by atoms with E-state index in [1.54, 1.807) is 13.8 Å². The van der Waals surface area contributed by atoms with Crippen molar-refractivity contribution in [2.24, 2.45) is 5.73 Å². The fourth-order valence-electron chi connectivity index (χ4n) is 3.03. The number of nitrogens with two attached hydrogens (primary N) is 1. The summed E-state index contributed by atoms with van der Waals surface area (Å²) in [5.41, 5.74) is 8.99. The highest BCUT2D eigenvalue weighted by atomic mass is 16.6. The van der Waals surface area contributed by atoms with E-state index in [0.717, 1.165) is 12.1 Å². The van der Waals surface area contributed by atoms with Gasteiger partial charge in [0.15, 0.2) is 0 Å². The maximum Gasteiger partial charge on any atom is 0.342 e. The first kappa shape index (κ1) is 22.8. The zero-order chi connectivity index (χ0) is 21.2. The van der Waals surface area contributed by atoms with Gasteiger partial charge in [-0.25, -0.2) is 14.8 Å². The van der Waals surface area contributed by atoms with Gasteiger partial charge >= 0.3 is 5.97 Å². The highest BCUT2D eigenvalue weighted by Gasteiger charge is 2.21. The molecule has 2 N–H and O–H groups in total. The van der Waals surface area contributed by atoms with Gasteiger partial charge in [-0.1, -0.05) is 19.1 Å². The summed E-state index contributed by atoms with van der Waals surface area (Å²) in [5, 5.41) is 0. The third-order valence-electron chi connectivity index (χ3n) is 4.58. The Bertz CT molecular complexity index is 841. The van der Waals surface area contributed by atoms with Crippen molar-refractivity contribution in [2.45, 2.75) is 46.1 Å². The molecule has 1 fully saturated rings. The molecule has 0 radical (unpaired) electrons. The number of para-hydroxylation sites is 2. The quantitative estimate of drug-likeness (QED) is 0.450. The topological polar surface area (TPSA) is 96.6 Å². The Morgan fingerprint density at radius 2 is 1.93 bits per heavy atom. The van der Waals surface area contributed by atoms with Crippen molar-refractivity contribution >= 4 is 22.6 Å². The number of nitrogens with zero attached hydrogens (tertiary/aromatic N) is 2. The highest BCUT2D eigenvalue weighted by Crippen LogP contribution is 2.22. The zero-order valence-corrected chi connectivity index (χ0v) is 17.7. The Hall–Kier alpha value is -2.51. The molecule has 0 spiro atoms. The number of allylic oxidation sites excluding steroid dienone is 1. The molecule has 2 heterocycles. The summed E-state index contributed by atoms with van der Waals surface area (Å²) < 4.78 is 15.3. The van der Waals surface area contributed by atoms with Gasteiger partial charge in [0, 0.05) is 19.4 Å². The van der Waals surface area contributed by atoms with Crippen LogP contribution in [0.3, 0.4) is 0 Å². The molecule has 1 aliphatic heterocycles. The molecule has 1 unspecified atom stereocenters. The number of aromatic nitrogens is 2. The van der Waals surface area contributed by atoms with E-state index in [2.05, 4.69) is 16.9 Å². The normalized spacial score (nSPS) is 16.8. The number of carbonyl (C=O) groups excluding carboxylic acids is 1. The van der Waals surface area contributed by atoms with Gasteiger partial charge in [0.2, 0.25) is 0 Å². The number of fused-ring (bicyclic) bond motifs is 1.